The Morgan fingerprint density at radius 1 is 1.26 bits per heavy atom. The van der Waals surface area contributed by atoms with Gasteiger partial charge < -0.3 is 15.2 Å². The normalized spacial score (nSPS) is 11.7. The number of carboxylic acid groups (broad SMARTS) is 1. The van der Waals surface area contributed by atoms with Crippen molar-refractivity contribution in [2.24, 2.45) is 0 Å². The second kappa shape index (κ2) is 7.35. The summed E-state index contributed by atoms with van der Waals surface area (Å²) in [5, 5.41) is 12.3. The van der Waals surface area contributed by atoms with Gasteiger partial charge in [-0.15, -0.1) is 0 Å². The van der Waals surface area contributed by atoms with E-state index in [0.717, 1.165) is 5.39 Å². The molecule has 0 saturated carbocycles. The molecule has 0 saturated heterocycles. The summed E-state index contributed by atoms with van der Waals surface area (Å²) in [4.78, 5) is 39.2. The van der Waals surface area contributed by atoms with Crippen LogP contribution in [0.1, 0.15) is 23.7 Å². The highest BCUT2D eigenvalue weighted by atomic mass is 16.5. The number of nitrogens with zero attached hydrogens (tertiary/aromatic N) is 1. The maximum atomic E-state index is 12.3. The summed E-state index contributed by atoms with van der Waals surface area (Å²) < 4.78 is 4.71. The predicted octanol–water partition coefficient (Wildman–Crippen LogP) is 1.37. The first-order valence-electron chi connectivity index (χ1n) is 7.06. The zero-order valence-corrected chi connectivity index (χ0v) is 12.5. The molecule has 1 aromatic heterocycles. The molecule has 0 aliphatic carbocycles. The van der Waals surface area contributed by atoms with Gasteiger partial charge in [-0.1, -0.05) is 18.2 Å². The number of hydrogen-bond acceptors (Lipinski definition) is 5. The van der Waals surface area contributed by atoms with E-state index in [2.05, 4.69) is 10.3 Å². The average molecular weight is 316 g/mol. The van der Waals surface area contributed by atoms with E-state index in [1.807, 2.05) is 0 Å². The van der Waals surface area contributed by atoms with E-state index in [1.165, 1.54) is 0 Å². The third-order valence-corrected chi connectivity index (χ3v) is 3.16. The topological polar surface area (TPSA) is 106 Å². The van der Waals surface area contributed by atoms with Crippen molar-refractivity contribution in [2.45, 2.75) is 19.4 Å². The Hall–Kier alpha value is -2.96. The van der Waals surface area contributed by atoms with Crippen LogP contribution in [0.15, 0.2) is 36.5 Å². The number of fused-ring (bicyclic) bond motifs is 1. The molecule has 1 aromatic carbocycles. The van der Waals surface area contributed by atoms with E-state index in [9.17, 15) is 14.4 Å². The van der Waals surface area contributed by atoms with E-state index in [1.54, 1.807) is 43.5 Å². The van der Waals surface area contributed by atoms with Crippen molar-refractivity contribution in [3.05, 3.63) is 42.1 Å². The smallest absolute Gasteiger partial charge is 0.326 e. The molecule has 0 spiro atoms. The Morgan fingerprint density at radius 3 is 2.70 bits per heavy atom. The van der Waals surface area contributed by atoms with Gasteiger partial charge in [-0.05, 0) is 19.1 Å². The molecule has 2 aromatic rings. The summed E-state index contributed by atoms with van der Waals surface area (Å²) in [5.74, 6) is -2.60. The van der Waals surface area contributed by atoms with Crippen LogP contribution in [0.4, 0.5) is 0 Å². The van der Waals surface area contributed by atoms with Gasteiger partial charge in [-0.25, -0.2) is 4.79 Å². The van der Waals surface area contributed by atoms with Crippen LogP contribution in [0.25, 0.3) is 10.9 Å². The molecule has 0 radical (unpaired) electrons. The van der Waals surface area contributed by atoms with Crippen molar-refractivity contribution >= 4 is 28.7 Å². The predicted molar refractivity (Wildman–Crippen MR) is 81.9 cm³/mol. The highest BCUT2D eigenvalue weighted by Crippen LogP contribution is 2.16. The zero-order valence-electron chi connectivity index (χ0n) is 12.5. The number of ether oxygens (including phenoxy) is 1. The largest absolute Gasteiger partial charge is 0.480 e. The maximum Gasteiger partial charge on any atom is 0.326 e. The minimum Gasteiger partial charge on any atom is -0.480 e. The fraction of sp³-hybridized carbons (Fsp3) is 0.250. The molecule has 23 heavy (non-hydrogen) atoms. The molecular weight excluding hydrogens is 300 g/mol. The quantitative estimate of drug-likeness (QED) is 0.780. The SMILES string of the molecule is CCOC(=O)C[C@H](NC(=O)c1cccc2cccnc12)C(=O)O. The summed E-state index contributed by atoms with van der Waals surface area (Å²) in [7, 11) is 0. The Balaban J connectivity index is 2.21. The fourth-order valence-corrected chi connectivity index (χ4v) is 2.11. The Bertz CT molecular complexity index is 739. The number of aromatic nitrogens is 1. The van der Waals surface area contributed by atoms with Crippen LogP contribution in [0.2, 0.25) is 0 Å². The van der Waals surface area contributed by atoms with Crippen molar-refractivity contribution in [1.29, 1.82) is 0 Å². The van der Waals surface area contributed by atoms with Gasteiger partial charge >= 0.3 is 11.9 Å². The number of rotatable bonds is 6. The molecule has 2 N–H and O–H groups in total. The maximum absolute atomic E-state index is 12.3. The number of amides is 1. The molecule has 7 heteroatoms. The van der Waals surface area contributed by atoms with Crippen molar-refractivity contribution in [3.63, 3.8) is 0 Å². The summed E-state index contributed by atoms with van der Waals surface area (Å²) >= 11 is 0. The third-order valence-electron chi connectivity index (χ3n) is 3.16. The van der Waals surface area contributed by atoms with Crippen molar-refractivity contribution < 1.29 is 24.2 Å². The first-order valence-corrected chi connectivity index (χ1v) is 7.06. The van der Waals surface area contributed by atoms with E-state index in [0.29, 0.717) is 5.52 Å². The van der Waals surface area contributed by atoms with Gasteiger partial charge in [-0.3, -0.25) is 14.6 Å². The minimum atomic E-state index is -1.36. The number of carboxylic acids is 1. The van der Waals surface area contributed by atoms with E-state index in [-0.39, 0.29) is 12.2 Å². The monoisotopic (exact) mass is 316 g/mol. The third kappa shape index (κ3) is 4.03. The highest BCUT2D eigenvalue weighted by Gasteiger charge is 2.25. The number of pyridine rings is 1. The second-order valence-electron chi connectivity index (χ2n) is 4.75. The van der Waals surface area contributed by atoms with Crippen molar-refractivity contribution in [2.75, 3.05) is 6.61 Å². The van der Waals surface area contributed by atoms with E-state index >= 15 is 0 Å². The molecule has 2 rings (SSSR count). The number of nitrogens with one attached hydrogen (secondary N) is 1. The van der Waals surface area contributed by atoms with Crippen LogP contribution in [0.5, 0.6) is 0 Å². The van der Waals surface area contributed by atoms with Crippen LogP contribution in [-0.4, -0.2) is 40.6 Å². The summed E-state index contributed by atoms with van der Waals surface area (Å²) in [5.41, 5.74) is 0.714. The molecule has 0 unspecified atom stereocenters. The second-order valence-corrected chi connectivity index (χ2v) is 4.75. The molecule has 1 heterocycles. The van der Waals surface area contributed by atoms with Crippen LogP contribution in [0.3, 0.4) is 0 Å². The molecule has 1 amide bonds. The Kier molecular flexibility index (Phi) is 5.24. The molecule has 0 bridgehead atoms. The number of aliphatic carboxylic acids is 1. The molecule has 0 aliphatic rings. The summed E-state index contributed by atoms with van der Waals surface area (Å²) in [6.45, 7) is 1.76. The molecule has 0 aliphatic heterocycles. The van der Waals surface area contributed by atoms with Gasteiger partial charge in [-0.2, -0.15) is 0 Å². The summed E-state index contributed by atoms with van der Waals surface area (Å²) in [6.07, 6.45) is 1.11. The first-order chi connectivity index (χ1) is 11.0. The molecule has 7 nitrogen and oxygen atoms in total. The zero-order chi connectivity index (χ0) is 16.8. The highest BCUT2D eigenvalue weighted by molar-refractivity contribution is 6.06. The average Bonchev–Trinajstić information content (AvgIpc) is 2.53. The standard InChI is InChI=1S/C16H16N2O5/c1-2-23-13(19)9-12(16(21)22)18-15(20)11-7-3-5-10-6-4-8-17-14(10)11/h3-8,12H,2,9H2,1H3,(H,18,20)(H,21,22)/t12-/m0/s1. The lowest BCUT2D eigenvalue weighted by atomic mass is 10.1. The van der Waals surface area contributed by atoms with Crippen molar-refractivity contribution in [1.82, 2.24) is 10.3 Å². The molecule has 1 atom stereocenters. The number of carbonyl (C=O) groups excluding carboxylic acids is 2. The number of esters is 1. The van der Waals surface area contributed by atoms with Crippen molar-refractivity contribution in [3.8, 4) is 0 Å². The lowest BCUT2D eigenvalue weighted by Crippen LogP contribution is -2.42. The molecule has 0 fully saturated rings. The Morgan fingerprint density at radius 2 is 2.00 bits per heavy atom. The minimum absolute atomic E-state index is 0.145. The number of benzene rings is 1. The lowest BCUT2D eigenvalue weighted by Gasteiger charge is -2.14. The number of carbonyl (C=O) groups is 3. The molecule has 120 valence electrons. The van der Waals surface area contributed by atoms with Gasteiger partial charge in [0.05, 0.1) is 24.1 Å². The Labute approximate surface area is 132 Å². The van der Waals surface area contributed by atoms with Crippen LogP contribution >= 0.6 is 0 Å². The number of hydrogen-bond donors (Lipinski definition) is 2. The van der Waals surface area contributed by atoms with Crippen LogP contribution in [-0.2, 0) is 14.3 Å². The molecular formula is C16H16N2O5. The van der Waals surface area contributed by atoms with Gasteiger partial charge in [0.1, 0.15) is 6.04 Å². The first kappa shape index (κ1) is 16.4. The van der Waals surface area contributed by atoms with Crippen LogP contribution < -0.4 is 5.32 Å². The van der Waals surface area contributed by atoms with E-state index < -0.39 is 30.3 Å². The lowest BCUT2D eigenvalue weighted by molar-refractivity contribution is -0.149. The van der Waals surface area contributed by atoms with Gasteiger partial charge in [0, 0.05) is 11.6 Å². The van der Waals surface area contributed by atoms with Gasteiger partial charge in [0.25, 0.3) is 5.91 Å². The fourth-order valence-electron chi connectivity index (χ4n) is 2.11. The number of para-hydroxylation sites is 1. The van der Waals surface area contributed by atoms with Gasteiger partial charge in [0.15, 0.2) is 0 Å². The summed E-state index contributed by atoms with van der Waals surface area (Å²) in [6, 6.07) is 7.21. The van der Waals surface area contributed by atoms with Gasteiger partial charge in [0.2, 0.25) is 0 Å². The van der Waals surface area contributed by atoms with Crippen LogP contribution in [0, 0.1) is 0 Å². The van der Waals surface area contributed by atoms with E-state index in [4.69, 9.17) is 9.84 Å².